The SMILES string of the molecule is COc1ccc(C(=O)N2CCNCC2)c(OC)c1C. The monoisotopic (exact) mass is 264 g/mol. The molecule has 1 N–H and O–H groups in total. The van der Waals surface area contributed by atoms with E-state index >= 15 is 0 Å². The van der Waals surface area contributed by atoms with Crippen molar-refractivity contribution in [2.45, 2.75) is 6.92 Å². The zero-order valence-corrected chi connectivity index (χ0v) is 11.7. The summed E-state index contributed by atoms with van der Waals surface area (Å²) in [7, 11) is 3.19. The number of nitrogens with zero attached hydrogens (tertiary/aromatic N) is 1. The van der Waals surface area contributed by atoms with Gasteiger partial charge in [0.1, 0.15) is 11.5 Å². The molecule has 1 heterocycles. The molecule has 0 aliphatic carbocycles. The minimum absolute atomic E-state index is 0.0177. The molecule has 0 saturated carbocycles. The second-order valence-corrected chi connectivity index (χ2v) is 4.52. The number of methoxy groups -OCH3 is 2. The molecule has 0 atom stereocenters. The number of ether oxygens (including phenoxy) is 2. The summed E-state index contributed by atoms with van der Waals surface area (Å²) in [6, 6.07) is 3.59. The van der Waals surface area contributed by atoms with Gasteiger partial charge < -0.3 is 19.7 Å². The fourth-order valence-corrected chi connectivity index (χ4v) is 2.36. The Balaban J connectivity index is 2.33. The maximum atomic E-state index is 12.5. The summed E-state index contributed by atoms with van der Waals surface area (Å²) < 4.78 is 10.6. The minimum atomic E-state index is 0.0177. The van der Waals surface area contributed by atoms with Crippen LogP contribution in [0.4, 0.5) is 0 Å². The fraction of sp³-hybridized carbons (Fsp3) is 0.500. The highest BCUT2D eigenvalue weighted by Gasteiger charge is 2.23. The standard InChI is InChI=1S/C14H20N2O3/c1-10-12(18-2)5-4-11(13(10)19-3)14(17)16-8-6-15-7-9-16/h4-5,15H,6-9H2,1-3H3. The molecule has 2 rings (SSSR count). The van der Waals surface area contributed by atoms with Crippen molar-refractivity contribution in [2.75, 3.05) is 40.4 Å². The van der Waals surface area contributed by atoms with Crippen molar-refractivity contribution < 1.29 is 14.3 Å². The van der Waals surface area contributed by atoms with E-state index in [-0.39, 0.29) is 5.91 Å². The molecule has 0 radical (unpaired) electrons. The predicted molar refractivity (Wildman–Crippen MR) is 73.1 cm³/mol. The Labute approximate surface area is 113 Å². The molecule has 1 aliphatic heterocycles. The van der Waals surface area contributed by atoms with E-state index in [9.17, 15) is 4.79 Å². The molecule has 1 aromatic carbocycles. The van der Waals surface area contributed by atoms with Crippen LogP contribution >= 0.6 is 0 Å². The second kappa shape index (κ2) is 5.93. The van der Waals surface area contributed by atoms with Crippen LogP contribution in [0.5, 0.6) is 11.5 Å². The lowest BCUT2D eigenvalue weighted by atomic mass is 10.1. The van der Waals surface area contributed by atoms with E-state index in [2.05, 4.69) is 5.32 Å². The van der Waals surface area contributed by atoms with Crippen molar-refractivity contribution >= 4 is 5.91 Å². The second-order valence-electron chi connectivity index (χ2n) is 4.52. The lowest BCUT2D eigenvalue weighted by molar-refractivity contribution is 0.0732. The first-order valence-electron chi connectivity index (χ1n) is 6.40. The topological polar surface area (TPSA) is 50.8 Å². The van der Waals surface area contributed by atoms with Gasteiger partial charge in [0.25, 0.3) is 5.91 Å². The van der Waals surface area contributed by atoms with Crippen LogP contribution in [0.3, 0.4) is 0 Å². The number of benzene rings is 1. The molecule has 1 fully saturated rings. The number of rotatable bonds is 3. The first-order valence-corrected chi connectivity index (χ1v) is 6.40. The van der Waals surface area contributed by atoms with E-state index < -0.39 is 0 Å². The molecule has 0 spiro atoms. The molecule has 1 aromatic rings. The number of carbonyl (C=O) groups excluding carboxylic acids is 1. The molecule has 0 aromatic heterocycles. The fourth-order valence-electron chi connectivity index (χ4n) is 2.36. The van der Waals surface area contributed by atoms with Crippen molar-refractivity contribution in [3.63, 3.8) is 0 Å². The van der Waals surface area contributed by atoms with Gasteiger partial charge in [0.2, 0.25) is 0 Å². The van der Waals surface area contributed by atoms with Crippen molar-refractivity contribution in [1.29, 1.82) is 0 Å². The lowest BCUT2D eigenvalue weighted by Gasteiger charge is -2.28. The lowest BCUT2D eigenvalue weighted by Crippen LogP contribution is -2.46. The van der Waals surface area contributed by atoms with Gasteiger partial charge in [0.15, 0.2) is 0 Å². The maximum Gasteiger partial charge on any atom is 0.257 e. The number of hydrogen-bond donors (Lipinski definition) is 1. The normalized spacial score (nSPS) is 15.2. The molecular formula is C14H20N2O3. The van der Waals surface area contributed by atoms with E-state index in [1.54, 1.807) is 20.3 Å². The molecule has 1 saturated heterocycles. The zero-order valence-electron chi connectivity index (χ0n) is 11.7. The number of carbonyl (C=O) groups is 1. The van der Waals surface area contributed by atoms with Gasteiger partial charge in [-0.25, -0.2) is 0 Å². The van der Waals surface area contributed by atoms with Gasteiger partial charge >= 0.3 is 0 Å². The van der Waals surface area contributed by atoms with E-state index in [0.717, 1.165) is 37.5 Å². The van der Waals surface area contributed by atoms with Crippen LogP contribution in [0.2, 0.25) is 0 Å². The third-order valence-electron chi connectivity index (χ3n) is 3.41. The number of piperazine rings is 1. The van der Waals surface area contributed by atoms with Gasteiger partial charge in [-0.1, -0.05) is 0 Å². The Morgan fingerprint density at radius 3 is 2.47 bits per heavy atom. The number of amides is 1. The highest BCUT2D eigenvalue weighted by atomic mass is 16.5. The number of hydrogen-bond acceptors (Lipinski definition) is 4. The van der Waals surface area contributed by atoms with E-state index in [0.29, 0.717) is 11.3 Å². The van der Waals surface area contributed by atoms with Gasteiger partial charge in [-0.3, -0.25) is 4.79 Å². The Kier molecular flexibility index (Phi) is 4.27. The first kappa shape index (κ1) is 13.7. The van der Waals surface area contributed by atoms with Crippen LogP contribution in [-0.2, 0) is 0 Å². The molecular weight excluding hydrogens is 244 g/mol. The number of nitrogens with one attached hydrogen (secondary N) is 1. The Morgan fingerprint density at radius 1 is 1.21 bits per heavy atom. The third-order valence-corrected chi connectivity index (χ3v) is 3.41. The Bertz CT molecular complexity index is 468. The van der Waals surface area contributed by atoms with Crippen molar-refractivity contribution in [3.05, 3.63) is 23.3 Å². The zero-order chi connectivity index (χ0) is 13.8. The first-order chi connectivity index (χ1) is 9.19. The predicted octanol–water partition coefficient (Wildman–Crippen LogP) is 1.06. The van der Waals surface area contributed by atoms with Gasteiger partial charge in [0, 0.05) is 31.7 Å². The largest absolute Gasteiger partial charge is 0.496 e. The van der Waals surface area contributed by atoms with Crippen LogP contribution < -0.4 is 14.8 Å². The third kappa shape index (κ3) is 2.66. The molecule has 0 unspecified atom stereocenters. The van der Waals surface area contributed by atoms with E-state index in [1.165, 1.54) is 0 Å². The van der Waals surface area contributed by atoms with Crippen LogP contribution in [0.1, 0.15) is 15.9 Å². The smallest absolute Gasteiger partial charge is 0.257 e. The molecule has 19 heavy (non-hydrogen) atoms. The molecule has 0 bridgehead atoms. The molecule has 104 valence electrons. The van der Waals surface area contributed by atoms with Crippen LogP contribution in [0, 0.1) is 6.92 Å². The van der Waals surface area contributed by atoms with Gasteiger partial charge in [0.05, 0.1) is 19.8 Å². The summed E-state index contributed by atoms with van der Waals surface area (Å²) in [4.78, 5) is 14.4. The maximum absolute atomic E-state index is 12.5. The Hall–Kier alpha value is -1.75. The molecule has 1 aliphatic rings. The Morgan fingerprint density at radius 2 is 1.89 bits per heavy atom. The summed E-state index contributed by atoms with van der Waals surface area (Å²) in [6.07, 6.45) is 0. The van der Waals surface area contributed by atoms with Gasteiger partial charge in [-0.2, -0.15) is 0 Å². The van der Waals surface area contributed by atoms with Crippen molar-refractivity contribution in [3.8, 4) is 11.5 Å². The van der Waals surface area contributed by atoms with Crippen molar-refractivity contribution in [1.82, 2.24) is 10.2 Å². The average molecular weight is 264 g/mol. The highest BCUT2D eigenvalue weighted by Crippen LogP contribution is 2.32. The van der Waals surface area contributed by atoms with E-state index in [1.807, 2.05) is 17.9 Å². The van der Waals surface area contributed by atoms with Gasteiger partial charge in [-0.15, -0.1) is 0 Å². The van der Waals surface area contributed by atoms with E-state index in [4.69, 9.17) is 9.47 Å². The summed E-state index contributed by atoms with van der Waals surface area (Å²) in [6.45, 7) is 5.03. The van der Waals surface area contributed by atoms with Crippen LogP contribution in [0.25, 0.3) is 0 Å². The quantitative estimate of drug-likeness (QED) is 0.887. The minimum Gasteiger partial charge on any atom is -0.496 e. The summed E-state index contributed by atoms with van der Waals surface area (Å²) in [5.74, 6) is 1.35. The van der Waals surface area contributed by atoms with Crippen LogP contribution in [0.15, 0.2) is 12.1 Å². The average Bonchev–Trinajstić information content (AvgIpc) is 2.47. The summed E-state index contributed by atoms with van der Waals surface area (Å²) in [5.41, 5.74) is 1.45. The molecule has 1 amide bonds. The molecule has 5 heteroatoms. The van der Waals surface area contributed by atoms with Crippen molar-refractivity contribution in [2.24, 2.45) is 0 Å². The van der Waals surface area contributed by atoms with Crippen LogP contribution in [-0.4, -0.2) is 51.2 Å². The molecule has 5 nitrogen and oxygen atoms in total. The summed E-state index contributed by atoms with van der Waals surface area (Å²) in [5, 5.41) is 3.23. The van der Waals surface area contributed by atoms with Gasteiger partial charge in [-0.05, 0) is 19.1 Å². The summed E-state index contributed by atoms with van der Waals surface area (Å²) >= 11 is 0. The highest BCUT2D eigenvalue weighted by molar-refractivity contribution is 5.97.